The average Bonchev–Trinajstić information content (AvgIpc) is 3.46. The lowest BCUT2D eigenvalue weighted by atomic mass is 9.88. The molecule has 0 bridgehead atoms. The quantitative estimate of drug-likeness (QED) is 0.332. The van der Waals surface area contributed by atoms with Gasteiger partial charge in [-0.05, 0) is 51.0 Å². The van der Waals surface area contributed by atoms with Crippen LogP contribution in [0, 0.1) is 13.8 Å². The molecule has 7 nitrogen and oxygen atoms in total. The van der Waals surface area contributed by atoms with Gasteiger partial charge in [0.2, 0.25) is 11.1 Å². The van der Waals surface area contributed by atoms with Crippen molar-refractivity contribution in [3.05, 3.63) is 77.9 Å². The van der Waals surface area contributed by atoms with Crippen molar-refractivity contribution in [2.45, 2.75) is 57.0 Å². The Morgan fingerprint density at radius 2 is 1.54 bits per heavy atom. The molecule has 4 aromatic rings. The fourth-order valence-electron chi connectivity index (χ4n) is 4.70. The molecule has 0 atom stereocenters. The first kappa shape index (κ1) is 23.4. The number of anilines is 1. The van der Waals surface area contributed by atoms with Crippen LogP contribution in [0.2, 0.25) is 0 Å². The Hall–Kier alpha value is -3.39. The first-order valence-corrected chi connectivity index (χ1v) is 13.2. The van der Waals surface area contributed by atoms with Crippen LogP contribution in [0.3, 0.4) is 0 Å². The maximum absolute atomic E-state index is 12.9. The number of nitrogens with zero attached hydrogens (tertiary/aromatic N) is 5. The van der Waals surface area contributed by atoms with Crippen molar-refractivity contribution in [1.82, 2.24) is 24.5 Å². The molecule has 1 fully saturated rings. The van der Waals surface area contributed by atoms with Crippen LogP contribution in [0.1, 0.15) is 55.2 Å². The molecule has 0 spiro atoms. The van der Waals surface area contributed by atoms with Gasteiger partial charge in [-0.2, -0.15) is 5.10 Å². The van der Waals surface area contributed by atoms with Crippen LogP contribution in [0.4, 0.5) is 5.69 Å². The Balaban J connectivity index is 1.31. The number of carbonyl (C=O) groups excluding carboxylic acids is 1. The summed E-state index contributed by atoms with van der Waals surface area (Å²) in [6.07, 6.45) is 6.02. The lowest BCUT2D eigenvalue weighted by Gasteiger charge is -2.21. The van der Waals surface area contributed by atoms with Gasteiger partial charge in [0.05, 0.1) is 34.2 Å². The van der Waals surface area contributed by atoms with Crippen LogP contribution in [-0.4, -0.2) is 36.2 Å². The van der Waals surface area contributed by atoms with Crippen molar-refractivity contribution in [1.29, 1.82) is 0 Å². The van der Waals surface area contributed by atoms with Gasteiger partial charge in [0, 0.05) is 5.92 Å². The Morgan fingerprint density at radius 1 is 0.914 bits per heavy atom. The number of hydrogen-bond acceptors (Lipinski definition) is 5. The molecule has 1 amide bonds. The minimum absolute atomic E-state index is 0.0934. The number of amides is 1. The first-order chi connectivity index (χ1) is 17.1. The smallest absolute Gasteiger partial charge is 0.234 e. The number of rotatable bonds is 7. The monoisotopic (exact) mass is 486 g/mol. The highest BCUT2D eigenvalue weighted by Crippen LogP contribution is 2.34. The molecule has 2 aromatic heterocycles. The largest absolute Gasteiger partial charge is 0.322 e. The highest BCUT2D eigenvalue weighted by atomic mass is 32.2. The predicted octanol–water partition coefficient (Wildman–Crippen LogP) is 5.85. The summed E-state index contributed by atoms with van der Waals surface area (Å²) in [5.41, 5.74) is 4.42. The van der Waals surface area contributed by atoms with Crippen LogP contribution in [-0.2, 0) is 4.79 Å². The molecule has 1 aliphatic carbocycles. The zero-order chi connectivity index (χ0) is 24.2. The molecule has 1 N–H and O–H groups in total. The summed E-state index contributed by atoms with van der Waals surface area (Å²) in [7, 11) is 0. The third kappa shape index (κ3) is 5.17. The van der Waals surface area contributed by atoms with Gasteiger partial charge < -0.3 is 5.32 Å². The van der Waals surface area contributed by atoms with Gasteiger partial charge in [0.1, 0.15) is 5.82 Å². The number of benzene rings is 2. The minimum Gasteiger partial charge on any atom is -0.322 e. The lowest BCUT2D eigenvalue weighted by Crippen LogP contribution is -2.15. The maximum atomic E-state index is 12.9. The summed E-state index contributed by atoms with van der Waals surface area (Å²) in [4.78, 5) is 17.8. The molecule has 1 aliphatic rings. The molecule has 2 aromatic carbocycles. The number of aromatic nitrogens is 5. The van der Waals surface area contributed by atoms with Crippen LogP contribution < -0.4 is 5.32 Å². The van der Waals surface area contributed by atoms with Crippen molar-refractivity contribution < 1.29 is 4.79 Å². The molecule has 8 heteroatoms. The van der Waals surface area contributed by atoms with Crippen molar-refractivity contribution in [3.8, 4) is 11.4 Å². The van der Waals surface area contributed by atoms with E-state index in [4.69, 9.17) is 10.1 Å². The molecule has 5 rings (SSSR count). The number of aryl methyl sites for hydroxylation is 1. The molecule has 0 unspecified atom stereocenters. The minimum atomic E-state index is -0.0934. The Kier molecular flexibility index (Phi) is 6.99. The Bertz CT molecular complexity index is 1290. The van der Waals surface area contributed by atoms with E-state index in [9.17, 15) is 4.79 Å². The topological polar surface area (TPSA) is 77.6 Å². The Morgan fingerprint density at radius 3 is 2.20 bits per heavy atom. The van der Waals surface area contributed by atoms with Gasteiger partial charge in [-0.15, -0.1) is 5.10 Å². The van der Waals surface area contributed by atoms with Gasteiger partial charge in [-0.1, -0.05) is 67.4 Å². The third-order valence-electron chi connectivity index (χ3n) is 6.47. The zero-order valence-electron chi connectivity index (χ0n) is 20.1. The fraction of sp³-hybridized carbons (Fsp3) is 0.333. The van der Waals surface area contributed by atoms with Crippen LogP contribution in [0.15, 0.2) is 65.8 Å². The molecule has 2 heterocycles. The molecule has 180 valence electrons. The number of para-hydroxylation sites is 2. The van der Waals surface area contributed by atoms with E-state index in [2.05, 4.69) is 22.5 Å². The van der Waals surface area contributed by atoms with Crippen molar-refractivity contribution in [2.24, 2.45) is 0 Å². The first-order valence-electron chi connectivity index (χ1n) is 12.2. The lowest BCUT2D eigenvalue weighted by molar-refractivity contribution is -0.113. The van der Waals surface area contributed by atoms with E-state index < -0.39 is 0 Å². The second kappa shape index (κ2) is 10.5. The summed E-state index contributed by atoms with van der Waals surface area (Å²) >= 11 is 1.37. The van der Waals surface area contributed by atoms with Crippen LogP contribution in [0.25, 0.3) is 11.4 Å². The maximum Gasteiger partial charge on any atom is 0.234 e. The normalized spacial score (nSPS) is 14.2. The number of hydrogen-bond donors (Lipinski definition) is 1. The number of carbonyl (C=O) groups is 1. The number of thioether (sulfide) groups is 1. The van der Waals surface area contributed by atoms with E-state index in [0.717, 1.165) is 47.1 Å². The molecule has 35 heavy (non-hydrogen) atoms. The third-order valence-corrected chi connectivity index (χ3v) is 7.31. The van der Waals surface area contributed by atoms with Crippen molar-refractivity contribution >= 4 is 23.4 Å². The summed E-state index contributed by atoms with van der Waals surface area (Å²) in [5.74, 6) is 1.56. The predicted molar refractivity (Wildman–Crippen MR) is 140 cm³/mol. The summed E-state index contributed by atoms with van der Waals surface area (Å²) in [6.45, 7) is 3.88. The van der Waals surface area contributed by atoms with Crippen molar-refractivity contribution in [2.75, 3.05) is 11.1 Å². The highest BCUT2D eigenvalue weighted by molar-refractivity contribution is 7.99. The van der Waals surface area contributed by atoms with E-state index in [1.54, 1.807) is 0 Å². The fourth-order valence-corrected chi connectivity index (χ4v) is 5.33. The molecule has 0 saturated heterocycles. The number of nitrogens with one attached hydrogen (secondary N) is 1. The molecule has 0 aliphatic heterocycles. The molecular weight excluding hydrogens is 456 g/mol. The molecular formula is C27H30N6OS. The van der Waals surface area contributed by atoms with Gasteiger partial charge in [-0.3, -0.25) is 4.79 Å². The zero-order valence-corrected chi connectivity index (χ0v) is 21.0. The standard InChI is InChI=1S/C27H30N6OS/c1-19-25(20(2)32(30-19)22-14-8-4-9-15-22)28-24(34)18-35-27-29-26(21-12-6-3-7-13-21)33(31-27)23-16-10-5-11-17-23/h4-5,8-11,14-17,21H,3,6-7,12-13,18H2,1-2H3,(H,28,34). The van der Waals surface area contributed by atoms with E-state index in [1.165, 1.54) is 31.0 Å². The van der Waals surface area contributed by atoms with Crippen molar-refractivity contribution in [3.63, 3.8) is 0 Å². The van der Waals surface area contributed by atoms with Crippen LogP contribution in [0.5, 0.6) is 0 Å². The van der Waals surface area contributed by atoms with E-state index >= 15 is 0 Å². The van der Waals surface area contributed by atoms with Gasteiger partial charge in [-0.25, -0.2) is 14.3 Å². The van der Waals surface area contributed by atoms with Gasteiger partial charge >= 0.3 is 0 Å². The Labute approximate surface area is 210 Å². The summed E-state index contributed by atoms with van der Waals surface area (Å²) in [5, 5.41) is 13.1. The van der Waals surface area contributed by atoms with Gasteiger partial charge in [0.25, 0.3) is 0 Å². The second-order valence-electron chi connectivity index (χ2n) is 8.96. The SMILES string of the molecule is Cc1nn(-c2ccccc2)c(C)c1NC(=O)CSc1nc(C2CCCCC2)n(-c2ccccc2)n1. The summed E-state index contributed by atoms with van der Waals surface area (Å²) < 4.78 is 3.83. The summed E-state index contributed by atoms with van der Waals surface area (Å²) in [6, 6.07) is 20.1. The highest BCUT2D eigenvalue weighted by Gasteiger charge is 2.24. The van der Waals surface area contributed by atoms with E-state index in [-0.39, 0.29) is 11.7 Å². The average molecular weight is 487 g/mol. The molecule has 0 radical (unpaired) electrons. The molecule has 1 saturated carbocycles. The van der Waals surface area contributed by atoms with E-state index in [1.807, 2.05) is 71.7 Å². The van der Waals surface area contributed by atoms with E-state index in [0.29, 0.717) is 11.1 Å². The van der Waals surface area contributed by atoms with Gasteiger partial charge in [0.15, 0.2) is 0 Å². The second-order valence-corrected chi connectivity index (χ2v) is 9.91. The van der Waals surface area contributed by atoms with Crippen LogP contribution >= 0.6 is 11.8 Å².